The van der Waals surface area contributed by atoms with Crippen LogP contribution in [0.5, 0.6) is 0 Å². The fraction of sp³-hybridized carbons (Fsp3) is 0.308. The second-order valence-corrected chi connectivity index (χ2v) is 5.05. The van der Waals surface area contributed by atoms with Gasteiger partial charge in [-0.25, -0.2) is 4.79 Å². The van der Waals surface area contributed by atoms with Gasteiger partial charge in [0.2, 0.25) is 0 Å². The van der Waals surface area contributed by atoms with Crippen molar-refractivity contribution in [2.24, 2.45) is 7.05 Å². The van der Waals surface area contributed by atoms with Crippen molar-refractivity contribution in [3.63, 3.8) is 0 Å². The van der Waals surface area contributed by atoms with E-state index in [1.54, 1.807) is 11.7 Å². The highest BCUT2D eigenvalue weighted by atomic mass is 31.0. The predicted octanol–water partition coefficient (Wildman–Crippen LogP) is 0.808. The molecular formula is C13H17N4O2P. The molecule has 1 heterocycles. The highest BCUT2D eigenvalue weighted by Gasteiger charge is 2.20. The molecule has 1 atom stereocenters. The first kappa shape index (κ1) is 14.5. The van der Waals surface area contributed by atoms with Crippen molar-refractivity contribution >= 4 is 43.6 Å². The van der Waals surface area contributed by atoms with Gasteiger partial charge in [0.05, 0.1) is 5.52 Å². The number of aryl methyl sites for hydroxylation is 1. The molecule has 0 bridgehead atoms. The fourth-order valence-electron chi connectivity index (χ4n) is 2.08. The molecule has 1 N–H and O–H groups in total. The van der Waals surface area contributed by atoms with Gasteiger partial charge in [0, 0.05) is 32.4 Å². The minimum Gasteiger partial charge on any atom is -0.341 e. The number of aldehydes is 1. The molecule has 0 spiro atoms. The van der Waals surface area contributed by atoms with Crippen molar-refractivity contribution in [1.82, 2.24) is 15.1 Å². The third-order valence-corrected chi connectivity index (χ3v) is 3.40. The maximum atomic E-state index is 12.0. The van der Waals surface area contributed by atoms with E-state index in [0.717, 1.165) is 22.5 Å². The number of hydrogen-bond acceptors (Lipinski definition) is 3. The fourth-order valence-corrected chi connectivity index (χ4v) is 2.35. The number of nitrogens with one attached hydrogen (secondary N) is 1. The van der Waals surface area contributed by atoms with Crippen LogP contribution < -0.4 is 15.5 Å². The lowest BCUT2D eigenvalue weighted by Crippen LogP contribution is -2.39. The number of rotatable bonds is 4. The van der Waals surface area contributed by atoms with Crippen LogP contribution in [0.25, 0.3) is 10.9 Å². The number of urea groups is 1. The van der Waals surface area contributed by atoms with Crippen molar-refractivity contribution in [2.75, 3.05) is 18.5 Å². The van der Waals surface area contributed by atoms with E-state index in [4.69, 9.17) is 0 Å². The largest absolute Gasteiger partial charge is 0.341 e. The molecule has 1 unspecified atom stereocenters. The Morgan fingerprint density at radius 2 is 2.30 bits per heavy atom. The number of fused-ring (bicyclic) bond motifs is 1. The van der Waals surface area contributed by atoms with E-state index in [-0.39, 0.29) is 12.5 Å². The molecule has 106 valence electrons. The number of anilines is 1. The maximum Gasteiger partial charge on any atom is 0.322 e. The molecule has 20 heavy (non-hydrogen) atoms. The van der Waals surface area contributed by atoms with E-state index in [1.807, 2.05) is 25.2 Å². The third kappa shape index (κ3) is 2.65. The molecule has 1 aromatic carbocycles. The summed E-state index contributed by atoms with van der Waals surface area (Å²) in [6.07, 6.45) is 1.06. The van der Waals surface area contributed by atoms with E-state index >= 15 is 0 Å². The number of nitrogens with zero attached hydrogens (tertiary/aromatic N) is 3. The van der Waals surface area contributed by atoms with Crippen LogP contribution in [0.15, 0.2) is 18.2 Å². The molecule has 0 saturated heterocycles. The number of carbonyl (C=O) groups is 2. The Balaban J connectivity index is 2.54. The zero-order valence-electron chi connectivity index (χ0n) is 11.5. The van der Waals surface area contributed by atoms with Crippen LogP contribution in [0.1, 0.15) is 6.42 Å². The van der Waals surface area contributed by atoms with Gasteiger partial charge in [0.25, 0.3) is 0 Å². The zero-order chi connectivity index (χ0) is 14.7. The average Bonchev–Trinajstić information content (AvgIpc) is 2.75. The van der Waals surface area contributed by atoms with Gasteiger partial charge in [0.15, 0.2) is 5.82 Å². The SMILES string of the molecule is CNC(=O)N(CCC=O)c1nn(C)c2ccc(P)cc12. The van der Waals surface area contributed by atoms with Crippen LogP contribution in [0.2, 0.25) is 0 Å². The van der Waals surface area contributed by atoms with Crippen LogP contribution >= 0.6 is 9.24 Å². The Labute approximate surface area is 119 Å². The summed E-state index contributed by atoms with van der Waals surface area (Å²) in [5.41, 5.74) is 0.936. The molecule has 7 heteroatoms. The number of carbonyl (C=O) groups excluding carboxylic acids is 2. The average molecular weight is 292 g/mol. The summed E-state index contributed by atoms with van der Waals surface area (Å²) in [6, 6.07) is 5.60. The Morgan fingerprint density at radius 3 is 2.95 bits per heavy atom. The molecule has 2 aromatic rings. The van der Waals surface area contributed by atoms with Gasteiger partial charge in [-0.05, 0) is 17.4 Å². The molecule has 6 nitrogen and oxygen atoms in total. The van der Waals surface area contributed by atoms with Crippen molar-refractivity contribution < 1.29 is 9.59 Å². The lowest BCUT2D eigenvalue weighted by molar-refractivity contribution is -0.107. The van der Waals surface area contributed by atoms with Crippen LogP contribution in [-0.2, 0) is 11.8 Å². The summed E-state index contributed by atoms with van der Waals surface area (Å²) in [7, 11) is 6.01. The Morgan fingerprint density at radius 1 is 1.55 bits per heavy atom. The van der Waals surface area contributed by atoms with Crippen molar-refractivity contribution in [3.05, 3.63) is 18.2 Å². The van der Waals surface area contributed by atoms with Gasteiger partial charge < -0.3 is 10.1 Å². The summed E-state index contributed by atoms with van der Waals surface area (Å²) in [4.78, 5) is 24.1. The van der Waals surface area contributed by atoms with Gasteiger partial charge in [0.1, 0.15) is 6.29 Å². The lowest BCUT2D eigenvalue weighted by Gasteiger charge is -2.19. The lowest BCUT2D eigenvalue weighted by atomic mass is 10.2. The summed E-state index contributed by atoms with van der Waals surface area (Å²) >= 11 is 0. The Bertz CT molecular complexity index is 653. The van der Waals surface area contributed by atoms with E-state index in [9.17, 15) is 9.59 Å². The highest BCUT2D eigenvalue weighted by Crippen LogP contribution is 2.25. The number of amides is 2. The van der Waals surface area contributed by atoms with E-state index in [1.165, 1.54) is 4.90 Å². The van der Waals surface area contributed by atoms with Gasteiger partial charge in [-0.2, -0.15) is 5.10 Å². The quantitative estimate of drug-likeness (QED) is 0.670. The standard InChI is InChI=1S/C13H17N4O2P/c1-14-13(19)17(6-3-7-18)12-10-8-9(20)4-5-11(10)16(2)15-12/h4-5,7-8H,3,6,20H2,1-2H3,(H,14,19). The first-order valence-corrected chi connectivity index (χ1v) is 6.81. The Kier molecular flexibility index (Phi) is 4.35. The number of aromatic nitrogens is 2. The zero-order valence-corrected chi connectivity index (χ0v) is 12.6. The van der Waals surface area contributed by atoms with E-state index in [0.29, 0.717) is 12.4 Å². The second-order valence-electron chi connectivity index (χ2n) is 4.39. The number of hydrogen-bond donors (Lipinski definition) is 1. The van der Waals surface area contributed by atoms with Crippen LogP contribution in [0.4, 0.5) is 10.6 Å². The minimum absolute atomic E-state index is 0.270. The van der Waals surface area contributed by atoms with E-state index < -0.39 is 0 Å². The van der Waals surface area contributed by atoms with Gasteiger partial charge in [-0.15, -0.1) is 9.24 Å². The summed E-state index contributed by atoms with van der Waals surface area (Å²) in [6.45, 7) is 0.302. The smallest absolute Gasteiger partial charge is 0.322 e. The molecule has 0 radical (unpaired) electrons. The third-order valence-electron chi connectivity index (χ3n) is 3.04. The highest BCUT2D eigenvalue weighted by molar-refractivity contribution is 7.27. The summed E-state index contributed by atoms with van der Waals surface area (Å²) < 4.78 is 1.73. The molecule has 2 amide bonds. The predicted molar refractivity (Wildman–Crippen MR) is 82.5 cm³/mol. The molecule has 2 rings (SSSR count). The second kappa shape index (κ2) is 6.01. The maximum absolute atomic E-state index is 12.0. The first-order chi connectivity index (χ1) is 9.58. The normalized spacial score (nSPS) is 10.6. The van der Waals surface area contributed by atoms with Crippen molar-refractivity contribution in [1.29, 1.82) is 0 Å². The molecule has 0 aliphatic carbocycles. The molecular weight excluding hydrogens is 275 g/mol. The van der Waals surface area contributed by atoms with Crippen LogP contribution in [0.3, 0.4) is 0 Å². The minimum atomic E-state index is -0.277. The summed E-state index contributed by atoms with van der Waals surface area (Å²) in [5, 5.41) is 8.88. The molecule has 0 fully saturated rings. The van der Waals surface area contributed by atoms with Gasteiger partial charge in [-0.1, -0.05) is 6.07 Å². The Hall–Kier alpha value is -1.94. The topological polar surface area (TPSA) is 67.2 Å². The van der Waals surface area contributed by atoms with Crippen molar-refractivity contribution in [3.8, 4) is 0 Å². The molecule has 1 aromatic heterocycles. The molecule has 0 aliphatic heterocycles. The summed E-state index contributed by atoms with van der Waals surface area (Å²) in [5.74, 6) is 0.563. The first-order valence-electron chi connectivity index (χ1n) is 6.23. The van der Waals surface area contributed by atoms with Gasteiger partial charge >= 0.3 is 6.03 Å². The monoisotopic (exact) mass is 292 g/mol. The van der Waals surface area contributed by atoms with E-state index in [2.05, 4.69) is 19.7 Å². The van der Waals surface area contributed by atoms with Crippen LogP contribution in [-0.4, -0.2) is 35.7 Å². The number of benzene rings is 1. The molecule has 0 aliphatic rings. The van der Waals surface area contributed by atoms with Gasteiger partial charge in [-0.3, -0.25) is 9.58 Å². The molecule has 0 saturated carbocycles. The van der Waals surface area contributed by atoms with Crippen molar-refractivity contribution in [2.45, 2.75) is 6.42 Å². The van der Waals surface area contributed by atoms with Crippen LogP contribution in [0, 0.1) is 0 Å².